The molecule has 3 aliphatic carbocycles. The van der Waals surface area contributed by atoms with Crippen LogP contribution in [0.2, 0.25) is 0 Å². The monoisotopic (exact) mass is 664 g/mol. The Bertz CT molecular complexity index is 1320. The topological polar surface area (TPSA) is 179 Å². The molecule has 11 nitrogen and oxygen atoms in total. The summed E-state index contributed by atoms with van der Waals surface area (Å²) in [6, 6.07) is 0. The molecule has 2 saturated carbocycles. The van der Waals surface area contributed by atoms with Crippen LogP contribution < -0.4 is 0 Å². The van der Waals surface area contributed by atoms with Crippen LogP contribution in [0.5, 0.6) is 0 Å². The molecule has 0 aromatic heterocycles. The summed E-state index contributed by atoms with van der Waals surface area (Å²) in [5, 5.41) is 74.9. The van der Waals surface area contributed by atoms with Gasteiger partial charge in [-0.1, -0.05) is 45.9 Å². The maximum Gasteiger partial charge on any atom is 0.186 e. The molecule has 3 saturated heterocycles. The molecule has 0 aromatic carbocycles. The highest BCUT2D eigenvalue weighted by molar-refractivity contribution is 5.46. The van der Waals surface area contributed by atoms with E-state index in [4.69, 9.17) is 18.9 Å². The van der Waals surface area contributed by atoms with Crippen LogP contribution in [0.3, 0.4) is 0 Å². The van der Waals surface area contributed by atoms with Gasteiger partial charge in [0.15, 0.2) is 6.29 Å². The Morgan fingerprint density at radius 2 is 1.64 bits per heavy atom. The van der Waals surface area contributed by atoms with Gasteiger partial charge in [0.1, 0.15) is 30.0 Å². The molecule has 4 heterocycles. The fraction of sp³-hybridized carbons (Fsp3) is 0.889. The van der Waals surface area contributed by atoms with Gasteiger partial charge in [0.05, 0.1) is 47.8 Å². The minimum Gasteiger partial charge on any atom is -0.394 e. The van der Waals surface area contributed by atoms with Crippen LogP contribution in [-0.2, 0) is 18.9 Å². The number of hydrogen-bond donors (Lipinski definition) is 7. The Morgan fingerprint density at radius 1 is 0.936 bits per heavy atom. The van der Waals surface area contributed by atoms with Crippen LogP contribution in [0, 0.1) is 28.1 Å². The number of rotatable bonds is 5. The van der Waals surface area contributed by atoms with Crippen molar-refractivity contribution in [1.82, 2.24) is 0 Å². The number of fused-ring (bicyclic) bond motifs is 2. The van der Waals surface area contributed by atoms with E-state index in [-0.39, 0.29) is 23.4 Å². The summed E-state index contributed by atoms with van der Waals surface area (Å²) in [6.07, 6.45) is 0.412. The molecule has 0 radical (unpaired) electrons. The third-order valence-electron chi connectivity index (χ3n) is 14.5. The molecule has 2 bridgehead atoms. The van der Waals surface area contributed by atoms with E-state index in [0.717, 1.165) is 18.4 Å². The van der Waals surface area contributed by atoms with Crippen molar-refractivity contribution < 1.29 is 54.7 Å². The van der Waals surface area contributed by atoms with E-state index in [0.29, 0.717) is 25.7 Å². The van der Waals surface area contributed by atoms with Crippen molar-refractivity contribution in [2.24, 2.45) is 28.1 Å². The van der Waals surface area contributed by atoms with E-state index in [1.807, 2.05) is 13.8 Å². The molecule has 16 atom stereocenters. The van der Waals surface area contributed by atoms with Crippen molar-refractivity contribution in [3.05, 3.63) is 23.8 Å². The zero-order chi connectivity index (χ0) is 34.3. The molecule has 7 aliphatic rings. The Hall–Kier alpha value is -0.960. The second-order valence-electron chi connectivity index (χ2n) is 17.8. The molecule has 11 heteroatoms. The first-order valence-corrected chi connectivity index (χ1v) is 17.5. The van der Waals surface area contributed by atoms with Crippen molar-refractivity contribution in [1.29, 1.82) is 0 Å². The first kappa shape index (κ1) is 34.5. The Balaban J connectivity index is 1.29. The third-order valence-corrected chi connectivity index (χ3v) is 14.5. The van der Waals surface area contributed by atoms with Gasteiger partial charge in [-0.2, -0.15) is 0 Å². The Morgan fingerprint density at radius 3 is 2.28 bits per heavy atom. The van der Waals surface area contributed by atoms with Gasteiger partial charge in [0.25, 0.3) is 0 Å². The molecule has 7 N–H and O–H groups in total. The summed E-state index contributed by atoms with van der Waals surface area (Å²) < 4.78 is 26.7. The number of aliphatic hydroxyl groups excluding tert-OH is 6. The molecule has 266 valence electrons. The van der Waals surface area contributed by atoms with Crippen molar-refractivity contribution in [3.8, 4) is 0 Å². The molecule has 2 spiro atoms. The fourth-order valence-electron chi connectivity index (χ4n) is 11.6. The highest BCUT2D eigenvalue weighted by Crippen LogP contribution is 2.76. The van der Waals surface area contributed by atoms with E-state index in [1.54, 1.807) is 19.9 Å². The lowest BCUT2D eigenvalue weighted by molar-refractivity contribution is -0.319. The van der Waals surface area contributed by atoms with Crippen LogP contribution in [-0.4, -0.2) is 120 Å². The van der Waals surface area contributed by atoms with Gasteiger partial charge in [0.2, 0.25) is 0 Å². The van der Waals surface area contributed by atoms with Crippen molar-refractivity contribution in [3.63, 3.8) is 0 Å². The largest absolute Gasteiger partial charge is 0.394 e. The molecule has 0 unspecified atom stereocenters. The summed E-state index contributed by atoms with van der Waals surface area (Å²) in [5.74, 6) is -0.277. The van der Waals surface area contributed by atoms with Crippen LogP contribution in [0.1, 0.15) is 87.0 Å². The van der Waals surface area contributed by atoms with Crippen LogP contribution in [0.25, 0.3) is 0 Å². The normalized spacial score (nSPS) is 56.6. The van der Waals surface area contributed by atoms with E-state index in [2.05, 4.69) is 32.9 Å². The van der Waals surface area contributed by atoms with Crippen LogP contribution >= 0.6 is 0 Å². The minimum absolute atomic E-state index is 0.0584. The molecule has 5 fully saturated rings. The van der Waals surface area contributed by atoms with E-state index >= 15 is 0 Å². The average molecular weight is 665 g/mol. The first-order chi connectivity index (χ1) is 21.7. The Kier molecular flexibility index (Phi) is 7.73. The first-order valence-electron chi connectivity index (χ1n) is 17.5. The molecule has 0 aromatic rings. The van der Waals surface area contributed by atoms with Gasteiger partial charge < -0.3 is 54.7 Å². The highest BCUT2D eigenvalue weighted by atomic mass is 16.7. The lowest BCUT2D eigenvalue weighted by Gasteiger charge is -2.62. The smallest absolute Gasteiger partial charge is 0.186 e. The molecule has 7 rings (SSSR count). The van der Waals surface area contributed by atoms with E-state index in [9.17, 15) is 35.7 Å². The van der Waals surface area contributed by atoms with Gasteiger partial charge >= 0.3 is 0 Å². The van der Waals surface area contributed by atoms with Crippen LogP contribution in [0.15, 0.2) is 23.8 Å². The maximum atomic E-state index is 11.1. The lowest BCUT2D eigenvalue weighted by Crippen LogP contribution is -2.64. The number of hydrogen-bond acceptors (Lipinski definition) is 11. The lowest BCUT2D eigenvalue weighted by atomic mass is 9.47. The standard InChI is InChI=1S/C36H56O11/c1-30(2)28(42)19(38)14-18-15-35-13-12-32(5)27(34(7)10-9-23(46-34)31(3,4)43)20(16-33(32,6)22(35)8-11-36(18,30)47-35)44-29-26(41)25(40)24(39)21(17-37)45-29/h8,11,14,19-29,37-43H,9-10,12-13,15-17H2,1-7H3/t19-,20+,21-,22+,23-,24-,25+,26-,27+,28+,29-,32-,33+,34+,35+,36+/m1/s1. The van der Waals surface area contributed by atoms with E-state index in [1.165, 1.54) is 0 Å². The predicted molar refractivity (Wildman–Crippen MR) is 169 cm³/mol. The quantitative estimate of drug-likeness (QED) is 0.212. The van der Waals surface area contributed by atoms with Gasteiger partial charge in [-0.05, 0) is 69.3 Å². The van der Waals surface area contributed by atoms with Crippen molar-refractivity contribution in [2.45, 2.75) is 165 Å². The predicted octanol–water partition coefficient (Wildman–Crippen LogP) is 1.48. The van der Waals surface area contributed by atoms with Gasteiger partial charge in [0, 0.05) is 23.7 Å². The fourth-order valence-corrected chi connectivity index (χ4v) is 11.6. The van der Waals surface area contributed by atoms with Crippen LogP contribution in [0.4, 0.5) is 0 Å². The summed E-state index contributed by atoms with van der Waals surface area (Å²) >= 11 is 0. The summed E-state index contributed by atoms with van der Waals surface area (Å²) in [7, 11) is 0. The highest BCUT2D eigenvalue weighted by Gasteiger charge is 2.76. The zero-order valence-electron chi connectivity index (χ0n) is 28.8. The Labute approximate surface area is 277 Å². The minimum atomic E-state index is -1.56. The van der Waals surface area contributed by atoms with Gasteiger partial charge in [-0.15, -0.1) is 0 Å². The van der Waals surface area contributed by atoms with Gasteiger partial charge in [-0.25, -0.2) is 0 Å². The number of aliphatic hydroxyl groups is 7. The van der Waals surface area contributed by atoms with Gasteiger partial charge in [-0.3, -0.25) is 0 Å². The van der Waals surface area contributed by atoms with E-state index < -0.39 is 88.9 Å². The SMILES string of the molecule is CC(C)(O)[C@H]1CC[C@@](C)([C@H]2[C@@H](O[C@@H]3O[C@H](CO)[C@@H](O)[C@H](O)[C@H]3O)C[C@@]3(C)[C@@H]4C=C[C@]56O[C@@]4(CC[C@]23C)CC5=C[C@@H](O)[C@H](O)C6(C)C)O1. The summed E-state index contributed by atoms with van der Waals surface area (Å²) in [6.45, 7) is 13.6. The van der Waals surface area contributed by atoms with Crippen molar-refractivity contribution in [2.75, 3.05) is 6.61 Å². The maximum absolute atomic E-state index is 11.1. The second kappa shape index (κ2) is 10.5. The molecule has 47 heavy (non-hydrogen) atoms. The molecule has 0 amide bonds. The third kappa shape index (κ3) is 4.44. The molecule has 4 aliphatic heterocycles. The average Bonchev–Trinajstić information content (AvgIpc) is 3.59. The molecular formula is C36H56O11. The summed E-state index contributed by atoms with van der Waals surface area (Å²) in [4.78, 5) is 0. The summed E-state index contributed by atoms with van der Waals surface area (Å²) in [5.41, 5.74) is -3.68. The molecular weight excluding hydrogens is 608 g/mol. The second-order valence-corrected chi connectivity index (χ2v) is 17.8. The zero-order valence-corrected chi connectivity index (χ0v) is 28.8. The van der Waals surface area contributed by atoms with Crippen molar-refractivity contribution >= 4 is 0 Å². The number of ether oxygens (including phenoxy) is 4.